The molecule has 1 saturated heterocycles. The van der Waals surface area contributed by atoms with Crippen molar-refractivity contribution >= 4 is 5.91 Å². The summed E-state index contributed by atoms with van der Waals surface area (Å²) in [5.74, 6) is 0.182. The van der Waals surface area contributed by atoms with Gasteiger partial charge in [0.1, 0.15) is 5.69 Å². The minimum atomic E-state index is -0.252. The van der Waals surface area contributed by atoms with Crippen LogP contribution in [0, 0.1) is 13.8 Å². The molecular formula is C19H28N6O3. The molecule has 0 bridgehead atoms. The van der Waals surface area contributed by atoms with E-state index in [9.17, 15) is 4.79 Å². The number of amides is 1. The standard InChI is InChI=1S/C19H28N6O3/c1-14-10-15(2)24(21-14)7-4-18(26)23-8-5-19(6-9-23)13-25-17(12-28-19)16(11-27-3)20-22-25/h10H,4-9,11-13H2,1-3H3. The molecule has 4 rings (SSSR count). The fourth-order valence-electron chi connectivity index (χ4n) is 4.17. The van der Waals surface area contributed by atoms with Crippen LogP contribution in [0.5, 0.6) is 0 Å². The fourth-order valence-corrected chi connectivity index (χ4v) is 4.17. The minimum Gasteiger partial charge on any atom is -0.378 e. The Bertz CT molecular complexity index is 850. The van der Waals surface area contributed by atoms with Crippen LogP contribution in [-0.4, -0.2) is 61.4 Å². The Hall–Kier alpha value is -2.26. The molecule has 2 aromatic heterocycles. The lowest BCUT2D eigenvalue weighted by atomic mass is 9.89. The van der Waals surface area contributed by atoms with Crippen LogP contribution in [0.15, 0.2) is 6.07 Å². The highest BCUT2D eigenvalue weighted by atomic mass is 16.5. The van der Waals surface area contributed by atoms with Gasteiger partial charge < -0.3 is 14.4 Å². The zero-order valence-corrected chi connectivity index (χ0v) is 16.8. The van der Waals surface area contributed by atoms with Crippen molar-refractivity contribution in [2.75, 3.05) is 20.2 Å². The van der Waals surface area contributed by atoms with Crippen molar-refractivity contribution in [3.63, 3.8) is 0 Å². The number of aryl methyl sites for hydroxylation is 3. The van der Waals surface area contributed by atoms with Gasteiger partial charge in [0, 0.05) is 38.9 Å². The summed E-state index contributed by atoms with van der Waals surface area (Å²) in [5.41, 5.74) is 3.66. The lowest BCUT2D eigenvalue weighted by Crippen LogP contribution is -2.52. The van der Waals surface area contributed by atoms with E-state index >= 15 is 0 Å². The first-order chi connectivity index (χ1) is 13.5. The van der Waals surface area contributed by atoms with Crippen LogP contribution in [-0.2, 0) is 40.6 Å². The molecule has 1 spiro atoms. The van der Waals surface area contributed by atoms with E-state index in [4.69, 9.17) is 9.47 Å². The normalized spacial score (nSPS) is 18.5. The molecule has 0 N–H and O–H groups in total. The van der Waals surface area contributed by atoms with Crippen molar-refractivity contribution in [2.24, 2.45) is 0 Å². The van der Waals surface area contributed by atoms with Gasteiger partial charge >= 0.3 is 0 Å². The molecule has 0 atom stereocenters. The van der Waals surface area contributed by atoms with E-state index in [1.54, 1.807) is 7.11 Å². The number of methoxy groups -OCH3 is 1. The van der Waals surface area contributed by atoms with E-state index in [0.717, 1.165) is 35.6 Å². The number of fused-ring (bicyclic) bond motifs is 1. The molecule has 1 amide bonds. The van der Waals surface area contributed by atoms with E-state index in [1.807, 2.05) is 34.2 Å². The number of hydrogen-bond acceptors (Lipinski definition) is 6. The summed E-state index contributed by atoms with van der Waals surface area (Å²) in [6.45, 7) is 7.68. The summed E-state index contributed by atoms with van der Waals surface area (Å²) in [5, 5.41) is 12.9. The van der Waals surface area contributed by atoms with E-state index in [-0.39, 0.29) is 11.5 Å². The van der Waals surface area contributed by atoms with E-state index < -0.39 is 0 Å². The van der Waals surface area contributed by atoms with E-state index in [0.29, 0.717) is 45.8 Å². The molecule has 28 heavy (non-hydrogen) atoms. The molecule has 0 aliphatic carbocycles. The number of carbonyl (C=O) groups is 1. The van der Waals surface area contributed by atoms with Gasteiger partial charge in [-0.25, -0.2) is 4.68 Å². The molecule has 9 heteroatoms. The summed E-state index contributed by atoms with van der Waals surface area (Å²) in [6, 6.07) is 2.03. The van der Waals surface area contributed by atoms with Gasteiger partial charge in [-0.2, -0.15) is 5.10 Å². The zero-order chi connectivity index (χ0) is 19.7. The maximum atomic E-state index is 12.6. The minimum absolute atomic E-state index is 0.182. The Kier molecular flexibility index (Phi) is 5.20. The van der Waals surface area contributed by atoms with Gasteiger partial charge in [-0.1, -0.05) is 5.21 Å². The molecular weight excluding hydrogens is 360 g/mol. The average Bonchev–Trinajstić information content (AvgIpc) is 3.22. The van der Waals surface area contributed by atoms with Gasteiger partial charge in [0.15, 0.2) is 0 Å². The molecule has 0 saturated carbocycles. The predicted octanol–water partition coefficient (Wildman–Crippen LogP) is 1.22. The Morgan fingerprint density at radius 1 is 1.32 bits per heavy atom. The number of hydrogen-bond donors (Lipinski definition) is 0. The van der Waals surface area contributed by atoms with Crippen LogP contribution in [0.2, 0.25) is 0 Å². The monoisotopic (exact) mass is 388 g/mol. The first-order valence-electron chi connectivity index (χ1n) is 9.83. The van der Waals surface area contributed by atoms with Crippen molar-refractivity contribution < 1.29 is 14.3 Å². The number of aromatic nitrogens is 5. The number of rotatable bonds is 5. The Morgan fingerprint density at radius 2 is 2.11 bits per heavy atom. The molecule has 2 aromatic rings. The van der Waals surface area contributed by atoms with Gasteiger partial charge in [0.25, 0.3) is 0 Å². The summed E-state index contributed by atoms with van der Waals surface area (Å²) in [7, 11) is 1.65. The maximum absolute atomic E-state index is 12.6. The summed E-state index contributed by atoms with van der Waals surface area (Å²) >= 11 is 0. The number of nitrogens with zero attached hydrogens (tertiary/aromatic N) is 6. The largest absolute Gasteiger partial charge is 0.378 e. The Balaban J connectivity index is 1.31. The first-order valence-corrected chi connectivity index (χ1v) is 9.83. The second-order valence-electron chi connectivity index (χ2n) is 7.83. The molecule has 0 radical (unpaired) electrons. The van der Waals surface area contributed by atoms with Crippen LogP contribution in [0.1, 0.15) is 42.0 Å². The highest BCUT2D eigenvalue weighted by molar-refractivity contribution is 5.76. The molecule has 9 nitrogen and oxygen atoms in total. The van der Waals surface area contributed by atoms with Crippen LogP contribution < -0.4 is 0 Å². The van der Waals surface area contributed by atoms with Gasteiger partial charge in [-0.05, 0) is 32.8 Å². The van der Waals surface area contributed by atoms with Crippen LogP contribution >= 0.6 is 0 Å². The highest BCUT2D eigenvalue weighted by Crippen LogP contribution is 2.33. The average molecular weight is 388 g/mol. The third kappa shape index (κ3) is 3.68. The summed E-state index contributed by atoms with van der Waals surface area (Å²) in [6.07, 6.45) is 2.11. The molecule has 0 aromatic carbocycles. The Morgan fingerprint density at radius 3 is 2.79 bits per heavy atom. The topological polar surface area (TPSA) is 87.3 Å². The van der Waals surface area contributed by atoms with Crippen molar-refractivity contribution in [1.82, 2.24) is 29.7 Å². The van der Waals surface area contributed by atoms with Crippen LogP contribution in [0.4, 0.5) is 0 Å². The highest BCUT2D eigenvalue weighted by Gasteiger charge is 2.41. The van der Waals surface area contributed by atoms with Gasteiger partial charge in [0.2, 0.25) is 5.91 Å². The van der Waals surface area contributed by atoms with Crippen molar-refractivity contribution in [3.05, 3.63) is 28.8 Å². The molecule has 0 unspecified atom stereocenters. The van der Waals surface area contributed by atoms with Gasteiger partial charge in [-0.15, -0.1) is 5.10 Å². The molecule has 2 aliphatic rings. The molecule has 4 heterocycles. The molecule has 2 aliphatic heterocycles. The summed E-state index contributed by atoms with van der Waals surface area (Å²) < 4.78 is 15.3. The molecule has 1 fully saturated rings. The van der Waals surface area contributed by atoms with Crippen molar-refractivity contribution in [1.29, 1.82) is 0 Å². The number of likely N-dealkylation sites (tertiary alicyclic amines) is 1. The fraction of sp³-hybridized carbons (Fsp3) is 0.684. The number of piperidine rings is 1. The predicted molar refractivity (Wildman–Crippen MR) is 100 cm³/mol. The van der Waals surface area contributed by atoms with Crippen molar-refractivity contribution in [2.45, 2.75) is 65.0 Å². The second-order valence-corrected chi connectivity index (χ2v) is 7.83. The quantitative estimate of drug-likeness (QED) is 0.765. The Labute approximate surface area is 164 Å². The smallest absolute Gasteiger partial charge is 0.224 e. The van der Waals surface area contributed by atoms with Crippen LogP contribution in [0.25, 0.3) is 0 Å². The number of carbonyl (C=O) groups excluding carboxylic acids is 1. The van der Waals surface area contributed by atoms with Crippen molar-refractivity contribution in [3.8, 4) is 0 Å². The first kappa shape index (κ1) is 19.1. The lowest BCUT2D eigenvalue weighted by molar-refractivity contribution is -0.146. The van der Waals surface area contributed by atoms with E-state index in [1.165, 1.54) is 0 Å². The number of ether oxygens (including phenoxy) is 2. The van der Waals surface area contributed by atoms with Gasteiger partial charge in [-0.3, -0.25) is 9.48 Å². The SMILES string of the molecule is COCc1nnn2c1COC1(CCN(C(=O)CCn3nc(C)cc3C)CC1)C2. The van der Waals surface area contributed by atoms with E-state index in [2.05, 4.69) is 15.4 Å². The molecule has 152 valence electrons. The summed E-state index contributed by atoms with van der Waals surface area (Å²) in [4.78, 5) is 14.6. The maximum Gasteiger partial charge on any atom is 0.224 e. The third-order valence-corrected chi connectivity index (χ3v) is 5.82. The van der Waals surface area contributed by atoms with Crippen LogP contribution in [0.3, 0.4) is 0 Å². The third-order valence-electron chi connectivity index (χ3n) is 5.82. The lowest BCUT2D eigenvalue weighted by Gasteiger charge is -2.43. The zero-order valence-electron chi connectivity index (χ0n) is 16.8. The second kappa shape index (κ2) is 7.63. The van der Waals surface area contributed by atoms with Gasteiger partial charge in [0.05, 0.1) is 36.7 Å².